The fraction of sp³-hybridized carbons (Fsp3) is 0.533. The third-order valence-corrected chi connectivity index (χ3v) is 4.01. The van der Waals surface area contributed by atoms with Gasteiger partial charge in [-0.05, 0) is 12.1 Å². The average Bonchev–Trinajstić information content (AvgIpc) is 2.84. The first-order valence-electron chi connectivity index (χ1n) is 6.77. The molecule has 0 saturated carbocycles. The van der Waals surface area contributed by atoms with E-state index in [0.717, 1.165) is 18.8 Å². The standard InChI is InChI=1S/C15H21NO2Si/c1-19(2,3)12-8-14(15-5-4-11-18-15)16-9-6-13(17)7-10-16/h4-5,11,14H,6-7,9-10H2,1-3H3. The van der Waals surface area contributed by atoms with Crippen molar-refractivity contribution in [3.8, 4) is 11.5 Å². The fourth-order valence-corrected chi connectivity index (χ4v) is 2.68. The number of Topliss-reactive ketones (excluding diaryl/α,β-unsaturated/α-hetero) is 1. The van der Waals surface area contributed by atoms with Gasteiger partial charge in [-0.3, -0.25) is 9.69 Å². The van der Waals surface area contributed by atoms with Crippen LogP contribution >= 0.6 is 0 Å². The molecule has 19 heavy (non-hydrogen) atoms. The molecule has 1 aliphatic heterocycles. The predicted octanol–water partition coefficient (Wildman–Crippen LogP) is 2.87. The van der Waals surface area contributed by atoms with E-state index in [1.54, 1.807) is 6.26 Å². The lowest BCUT2D eigenvalue weighted by Crippen LogP contribution is -2.36. The van der Waals surface area contributed by atoms with E-state index in [9.17, 15) is 4.79 Å². The van der Waals surface area contributed by atoms with E-state index < -0.39 is 8.07 Å². The van der Waals surface area contributed by atoms with E-state index in [4.69, 9.17) is 4.42 Å². The smallest absolute Gasteiger partial charge is 0.135 e. The van der Waals surface area contributed by atoms with Crippen LogP contribution in [0.25, 0.3) is 0 Å². The summed E-state index contributed by atoms with van der Waals surface area (Å²) in [4.78, 5) is 13.6. The van der Waals surface area contributed by atoms with Gasteiger partial charge in [0.05, 0.1) is 6.26 Å². The van der Waals surface area contributed by atoms with Crippen LogP contribution in [0.4, 0.5) is 0 Å². The molecular weight excluding hydrogens is 254 g/mol. The molecule has 0 aliphatic carbocycles. The van der Waals surface area contributed by atoms with Gasteiger partial charge < -0.3 is 4.42 Å². The summed E-state index contributed by atoms with van der Waals surface area (Å²) in [6, 6.07) is 3.86. The third-order valence-electron chi connectivity index (χ3n) is 3.12. The Morgan fingerprint density at radius 2 is 2.00 bits per heavy atom. The quantitative estimate of drug-likeness (QED) is 0.615. The summed E-state index contributed by atoms with van der Waals surface area (Å²) in [5.74, 6) is 4.62. The Bertz CT molecular complexity index is 480. The number of hydrogen-bond donors (Lipinski definition) is 0. The Labute approximate surface area is 116 Å². The second-order valence-electron chi connectivity index (χ2n) is 6.01. The van der Waals surface area contributed by atoms with E-state index in [1.165, 1.54) is 0 Å². The Kier molecular flexibility index (Phi) is 4.28. The first-order chi connectivity index (χ1) is 8.96. The average molecular weight is 275 g/mol. The van der Waals surface area contributed by atoms with Crippen LogP contribution in [0.5, 0.6) is 0 Å². The zero-order valence-corrected chi connectivity index (χ0v) is 12.9. The monoisotopic (exact) mass is 275 g/mol. The summed E-state index contributed by atoms with van der Waals surface area (Å²) in [6.45, 7) is 8.27. The molecule has 1 aliphatic rings. The molecular formula is C15H21NO2Si. The van der Waals surface area contributed by atoms with Crippen molar-refractivity contribution in [2.24, 2.45) is 0 Å². The van der Waals surface area contributed by atoms with Crippen molar-refractivity contribution in [2.75, 3.05) is 13.1 Å². The van der Waals surface area contributed by atoms with Crippen LogP contribution in [-0.2, 0) is 4.79 Å². The molecule has 102 valence electrons. The van der Waals surface area contributed by atoms with Gasteiger partial charge in [0.25, 0.3) is 0 Å². The van der Waals surface area contributed by atoms with Gasteiger partial charge in [0.1, 0.15) is 25.7 Å². The molecule has 2 heterocycles. The second kappa shape index (κ2) is 5.77. The Morgan fingerprint density at radius 3 is 2.53 bits per heavy atom. The van der Waals surface area contributed by atoms with E-state index in [2.05, 4.69) is 36.0 Å². The second-order valence-corrected chi connectivity index (χ2v) is 10.8. The van der Waals surface area contributed by atoms with Crippen LogP contribution in [0, 0.1) is 11.5 Å². The van der Waals surface area contributed by atoms with E-state index in [0.29, 0.717) is 18.6 Å². The molecule has 3 nitrogen and oxygen atoms in total. The van der Waals surface area contributed by atoms with Crippen molar-refractivity contribution in [3.63, 3.8) is 0 Å². The van der Waals surface area contributed by atoms with Gasteiger partial charge in [0.15, 0.2) is 0 Å². The highest BCUT2D eigenvalue weighted by Crippen LogP contribution is 2.23. The molecule has 1 saturated heterocycles. The summed E-state index contributed by atoms with van der Waals surface area (Å²) in [6.07, 6.45) is 2.95. The highest BCUT2D eigenvalue weighted by atomic mass is 28.3. The van der Waals surface area contributed by atoms with Gasteiger partial charge in [-0.2, -0.15) is 0 Å². The number of ketones is 1. The number of hydrogen-bond acceptors (Lipinski definition) is 3. The van der Waals surface area contributed by atoms with Crippen molar-refractivity contribution in [2.45, 2.75) is 38.5 Å². The molecule has 2 rings (SSSR count). The number of carbonyl (C=O) groups is 1. The van der Waals surface area contributed by atoms with Gasteiger partial charge in [-0.15, -0.1) is 5.54 Å². The number of piperidine rings is 1. The number of nitrogens with zero attached hydrogens (tertiary/aromatic N) is 1. The summed E-state index contributed by atoms with van der Waals surface area (Å²) in [5, 5.41) is 0. The molecule has 4 heteroatoms. The third kappa shape index (κ3) is 4.08. The van der Waals surface area contributed by atoms with Crippen LogP contribution < -0.4 is 0 Å². The van der Waals surface area contributed by atoms with Crippen molar-refractivity contribution in [1.82, 2.24) is 4.90 Å². The first-order valence-corrected chi connectivity index (χ1v) is 10.3. The Hall–Kier alpha value is -1.31. The SMILES string of the molecule is C[Si](C)(C)C#CC(c1ccco1)N1CCC(=O)CC1. The van der Waals surface area contributed by atoms with Gasteiger partial charge in [-0.25, -0.2) is 0 Å². The molecule has 1 aromatic heterocycles. The van der Waals surface area contributed by atoms with Crippen molar-refractivity contribution in [1.29, 1.82) is 0 Å². The van der Waals surface area contributed by atoms with Crippen molar-refractivity contribution in [3.05, 3.63) is 24.2 Å². The molecule has 0 amide bonds. The van der Waals surface area contributed by atoms with Gasteiger partial charge in [0.2, 0.25) is 0 Å². The summed E-state index contributed by atoms with van der Waals surface area (Å²) < 4.78 is 5.53. The van der Waals surface area contributed by atoms with Crippen LogP contribution in [0.3, 0.4) is 0 Å². The topological polar surface area (TPSA) is 33.5 Å². The summed E-state index contributed by atoms with van der Waals surface area (Å²) in [5.41, 5.74) is 3.42. The molecule has 1 unspecified atom stereocenters. The van der Waals surface area contributed by atoms with E-state index >= 15 is 0 Å². The molecule has 1 aromatic rings. The number of furan rings is 1. The molecule has 0 aromatic carbocycles. The Balaban J connectivity index is 2.19. The van der Waals surface area contributed by atoms with Crippen LogP contribution in [0.1, 0.15) is 24.6 Å². The van der Waals surface area contributed by atoms with Gasteiger partial charge >= 0.3 is 0 Å². The van der Waals surface area contributed by atoms with Crippen LogP contribution in [0.15, 0.2) is 22.8 Å². The maximum absolute atomic E-state index is 11.4. The number of likely N-dealkylation sites (tertiary alicyclic amines) is 1. The summed E-state index contributed by atoms with van der Waals surface area (Å²) >= 11 is 0. The van der Waals surface area contributed by atoms with Crippen molar-refractivity contribution >= 4 is 13.9 Å². The lowest BCUT2D eigenvalue weighted by atomic mass is 10.1. The molecule has 0 spiro atoms. The fourth-order valence-electron chi connectivity index (χ4n) is 2.11. The lowest BCUT2D eigenvalue weighted by Gasteiger charge is -2.30. The zero-order chi connectivity index (χ0) is 13.9. The first kappa shape index (κ1) is 14.1. The summed E-state index contributed by atoms with van der Waals surface area (Å²) in [7, 11) is -1.41. The highest BCUT2D eigenvalue weighted by molar-refractivity contribution is 6.83. The largest absolute Gasteiger partial charge is 0.467 e. The number of rotatable bonds is 2. The molecule has 0 bridgehead atoms. The van der Waals surface area contributed by atoms with E-state index in [-0.39, 0.29) is 6.04 Å². The van der Waals surface area contributed by atoms with Gasteiger partial charge in [0, 0.05) is 25.9 Å². The minimum Gasteiger partial charge on any atom is -0.467 e. The number of carbonyl (C=O) groups excluding carboxylic acids is 1. The minimum absolute atomic E-state index is 0.00479. The highest BCUT2D eigenvalue weighted by Gasteiger charge is 2.25. The van der Waals surface area contributed by atoms with Crippen molar-refractivity contribution < 1.29 is 9.21 Å². The van der Waals surface area contributed by atoms with Gasteiger partial charge in [-0.1, -0.05) is 25.6 Å². The molecule has 1 atom stereocenters. The maximum atomic E-state index is 11.4. The minimum atomic E-state index is -1.41. The Morgan fingerprint density at radius 1 is 1.32 bits per heavy atom. The van der Waals surface area contributed by atoms with Crippen LogP contribution in [-0.4, -0.2) is 31.8 Å². The molecule has 0 N–H and O–H groups in total. The predicted molar refractivity (Wildman–Crippen MR) is 78.4 cm³/mol. The maximum Gasteiger partial charge on any atom is 0.135 e. The lowest BCUT2D eigenvalue weighted by molar-refractivity contribution is -0.121. The van der Waals surface area contributed by atoms with Crippen LogP contribution in [0.2, 0.25) is 19.6 Å². The molecule has 1 fully saturated rings. The zero-order valence-electron chi connectivity index (χ0n) is 11.9. The normalized spacial score (nSPS) is 18.8. The molecule has 0 radical (unpaired) electrons. The van der Waals surface area contributed by atoms with E-state index in [1.807, 2.05) is 12.1 Å².